The predicted octanol–water partition coefficient (Wildman–Crippen LogP) is 5.35. The number of pyridine rings is 2. The van der Waals surface area contributed by atoms with Gasteiger partial charge in [0.2, 0.25) is 5.95 Å². The summed E-state index contributed by atoms with van der Waals surface area (Å²) in [4.78, 5) is 16.1. The Hall–Kier alpha value is -3.79. The van der Waals surface area contributed by atoms with E-state index >= 15 is 0 Å². The Morgan fingerprint density at radius 3 is 2.41 bits per heavy atom. The predicted molar refractivity (Wildman–Crippen MR) is 171 cm³/mol. The van der Waals surface area contributed by atoms with Crippen molar-refractivity contribution in [2.45, 2.75) is 64.9 Å². The number of fused-ring (bicyclic) bond motifs is 1. The number of halogens is 1. The van der Waals surface area contributed by atoms with Crippen molar-refractivity contribution in [3.8, 4) is 37.0 Å². The van der Waals surface area contributed by atoms with Gasteiger partial charge in [-0.25, -0.2) is 9.97 Å². The standard InChI is InChI=1S/C20H25ClN8O.C7H14.2C2H2/c1-3-4-14-11-29(5-6-30-14)20-26-15-8-16(19(22)27-23)25-17(18(15)28(20)2)12-7-13(21)10-24-9-12;1-7-5-3-2-4-6-7;2*1-2/h7-10,14H,3-6,11,23H2,1-2H3,(H2,22,27);7H,2-6H2,1H3;2*1-2H/t14-;;;/m1.../s1. The van der Waals surface area contributed by atoms with Crippen LogP contribution in [0.3, 0.4) is 0 Å². The fourth-order valence-electron chi connectivity index (χ4n) is 5.15. The average molecular weight is 579 g/mol. The van der Waals surface area contributed by atoms with E-state index in [1.807, 2.05) is 17.7 Å². The molecule has 1 saturated carbocycles. The topological polar surface area (TPSA) is 120 Å². The average Bonchev–Trinajstić information content (AvgIpc) is 3.35. The SMILES string of the molecule is C#C.C#C.CC1CCCCC1.CCC[C@@H]1CN(c2nc3cc(/C(N)=N/N)nc(-c4cncc(Cl)c4)c3n2C)CCO1. The summed E-state index contributed by atoms with van der Waals surface area (Å²) in [6.45, 7) is 6.78. The van der Waals surface area contributed by atoms with E-state index in [0.29, 0.717) is 23.0 Å². The maximum absolute atomic E-state index is 6.18. The van der Waals surface area contributed by atoms with Crippen LogP contribution >= 0.6 is 11.6 Å². The molecule has 41 heavy (non-hydrogen) atoms. The minimum absolute atomic E-state index is 0.134. The highest BCUT2D eigenvalue weighted by Crippen LogP contribution is 2.32. The molecule has 1 atom stereocenters. The molecule has 0 aromatic carbocycles. The molecule has 2 aliphatic rings. The lowest BCUT2D eigenvalue weighted by molar-refractivity contribution is 0.0341. The summed E-state index contributed by atoms with van der Waals surface area (Å²) in [6.07, 6.45) is 29.0. The number of morpholine rings is 1. The molecule has 1 aliphatic heterocycles. The molecule has 220 valence electrons. The van der Waals surface area contributed by atoms with Crippen molar-refractivity contribution in [1.29, 1.82) is 0 Å². The lowest BCUT2D eigenvalue weighted by Gasteiger charge is -2.33. The molecule has 1 saturated heterocycles. The van der Waals surface area contributed by atoms with Crippen LogP contribution in [0.25, 0.3) is 22.3 Å². The van der Waals surface area contributed by atoms with Crippen LogP contribution in [-0.4, -0.2) is 51.2 Å². The Bertz CT molecular complexity index is 1300. The van der Waals surface area contributed by atoms with Gasteiger partial charge in [0.1, 0.15) is 5.69 Å². The first-order valence-corrected chi connectivity index (χ1v) is 14.3. The largest absolute Gasteiger partial charge is 0.380 e. The maximum atomic E-state index is 6.18. The molecular formula is C31H43ClN8O. The van der Waals surface area contributed by atoms with Crippen molar-refractivity contribution in [1.82, 2.24) is 19.5 Å². The number of hydrogen-bond donors (Lipinski definition) is 2. The molecule has 0 unspecified atom stereocenters. The maximum Gasteiger partial charge on any atom is 0.206 e. The molecular weight excluding hydrogens is 536 g/mol. The summed E-state index contributed by atoms with van der Waals surface area (Å²) in [5, 5.41) is 4.12. The van der Waals surface area contributed by atoms with Gasteiger partial charge in [0.25, 0.3) is 0 Å². The number of imidazole rings is 1. The molecule has 4 heterocycles. The van der Waals surface area contributed by atoms with Gasteiger partial charge in [-0.3, -0.25) is 4.98 Å². The Morgan fingerprint density at radius 2 is 1.83 bits per heavy atom. The summed E-state index contributed by atoms with van der Waals surface area (Å²) < 4.78 is 7.94. The normalized spacial score (nSPS) is 17.3. The van der Waals surface area contributed by atoms with Crippen molar-refractivity contribution >= 4 is 34.4 Å². The van der Waals surface area contributed by atoms with Gasteiger partial charge in [0.05, 0.1) is 34.5 Å². The van der Waals surface area contributed by atoms with Gasteiger partial charge < -0.3 is 25.8 Å². The summed E-state index contributed by atoms with van der Waals surface area (Å²) in [6, 6.07) is 3.62. The summed E-state index contributed by atoms with van der Waals surface area (Å²) in [5.41, 5.74) is 9.46. The van der Waals surface area contributed by atoms with Gasteiger partial charge in [0.15, 0.2) is 5.84 Å². The number of ether oxygens (including phenoxy) is 1. The summed E-state index contributed by atoms with van der Waals surface area (Å²) >= 11 is 6.18. The van der Waals surface area contributed by atoms with Crippen LogP contribution in [0.1, 0.15) is 64.5 Å². The van der Waals surface area contributed by atoms with Crippen LogP contribution in [0.5, 0.6) is 0 Å². The third-order valence-electron chi connectivity index (χ3n) is 7.13. The Morgan fingerprint density at radius 1 is 1.12 bits per heavy atom. The highest BCUT2D eigenvalue weighted by Gasteiger charge is 2.25. The molecule has 2 fully saturated rings. The molecule has 3 aromatic rings. The van der Waals surface area contributed by atoms with Crippen LogP contribution in [0.2, 0.25) is 5.02 Å². The molecule has 0 radical (unpaired) electrons. The molecule has 5 rings (SSSR count). The number of nitrogens with zero attached hydrogens (tertiary/aromatic N) is 6. The highest BCUT2D eigenvalue weighted by molar-refractivity contribution is 6.30. The van der Waals surface area contributed by atoms with Crippen molar-refractivity contribution in [2.75, 3.05) is 24.6 Å². The van der Waals surface area contributed by atoms with E-state index in [1.54, 1.807) is 18.5 Å². The first kappa shape index (κ1) is 33.4. The molecule has 0 amide bonds. The molecule has 1 aliphatic carbocycles. The van der Waals surface area contributed by atoms with E-state index in [4.69, 9.17) is 37.9 Å². The second kappa shape index (κ2) is 17.1. The zero-order chi connectivity index (χ0) is 30.4. The van der Waals surface area contributed by atoms with Crippen LogP contribution in [-0.2, 0) is 11.8 Å². The lowest BCUT2D eigenvalue weighted by atomic mass is 9.91. The fourth-order valence-corrected chi connectivity index (χ4v) is 5.32. The van der Waals surface area contributed by atoms with Crippen LogP contribution < -0.4 is 16.5 Å². The number of nitrogens with two attached hydrogens (primary N) is 2. The fraction of sp³-hybridized carbons (Fsp3) is 0.484. The Balaban J connectivity index is 0.000000456. The van der Waals surface area contributed by atoms with Gasteiger partial charge >= 0.3 is 0 Å². The zero-order valence-electron chi connectivity index (χ0n) is 24.5. The van der Waals surface area contributed by atoms with E-state index in [0.717, 1.165) is 54.4 Å². The van der Waals surface area contributed by atoms with E-state index in [1.165, 1.54) is 32.1 Å². The van der Waals surface area contributed by atoms with E-state index < -0.39 is 0 Å². The quantitative estimate of drug-likeness (QED) is 0.138. The van der Waals surface area contributed by atoms with E-state index in [2.05, 4.69) is 54.5 Å². The van der Waals surface area contributed by atoms with Crippen molar-refractivity contribution in [3.63, 3.8) is 0 Å². The van der Waals surface area contributed by atoms with Gasteiger partial charge in [0, 0.05) is 38.1 Å². The molecule has 3 aromatic heterocycles. The van der Waals surface area contributed by atoms with Crippen LogP contribution in [0.15, 0.2) is 29.6 Å². The number of anilines is 1. The first-order chi connectivity index (χ1) is 19.9. The van der Waals surface area contributed by atoms with Gasteiger partial charge in [-0.2, -0.15) is 5.10 Å². The van der Waals surface area contributed by atoms with Crippen LogP contribution in [0, 0.1) is 31.6 Å². The monoisotopic (exact) mass is 578 g/mol. The Labute approximate surface area is 249 Å². The second-order valence-electron chi connectivity index (χ2n) is 10.1. The minimum Gasteiger partial charge on any atom is -0.380 e. The number of aromatic nitrogens is 4. The lowest BCUT2D eigenvalue weighted by Crippen LogP contribution is -2.43. The third-order valence-corrected chi connectivity index (χ3v) is 7.34. The van der Waals surface area contributed by atoms with Crippen molar-refractivity contribution in [2.24, 2.45) is 29.6 Å². The van der Waals surface area contributed by atoms with Gasteiger partial charge in [-0.1, -0.05) is 64.0 Å². The van der Waals surface area contributed by atoms with Crippen LogP contribution in [0.4, 0.5) is 5.95 Å². The smallest absolute Gasteiger partial charge is 0.206 e. The number of hydrazone groups is 1. The molecule has 4 N–H and O–H groups in total. The third kappa shape index (κ3) is 8.85. The first-order valence-electron chi connectivity index (χ1n) is 14.0. The minimum atomic E-state index is 0.134. The second-order valence-corrected chi connectivity index (χ2v) is 10.5. The van der Waals surface area contributed by atoms with Crippen molar-refractivity contribution in [3.05, 3.63) is 35.2 Å². The van der Waals surface area contributed by atoms with Gasteiger partial charge in [-0.15, -0.1) is 25.7 Å². The van der Waals surface area contributed by atoms with Crippen molar-refractivity contribution < 1.29 is 4.74 Å². The van der Waals surface area contributed by atoms with E-state index in [-0.39, 0.29) is 11.9 Å². The molecule has 10 heteroatoms. The number of aryl methyl sites for hydroxylation is 1. The summed E-state index contributed by atoms with van der Waals surface area (Å²) in [7, 11) is 1.98. The number of terminal acetylenes is 2. The number of hydrogen-bond acceptors (Lipinski definition) is 7. The number of rotatable bonds is 5. The Kier molecular flexibility index (Phi) is 14.0. The highest BCUT2D eigenvalue weighted by atomic mass is 35.5. The van der Waals surface area contributed by atoms with Gasteiger partial charge in [-0.05, 0) is 24.5 Å². The molecule has 0 spiro atoms. The summed E-state index contributed by atoms with van der Waals surface area (Å²) in [5.74, 6) is 7.42. The molecule has 9 nitrogen and oxygen atoms in total. The van der Waals surface area contributed by atoms with E-state index in [9.17, 15) is 0 Å². The number of amidine groups is 1. The zero-order valence-corrected chi connectivity index (χ0v) is 25.2. The molecule has 0 bridgehead atoms.